The van der Waals surface area contributed by atoms with Crippen LogP contribution in [0, 0.1) is 5.82 Å². The third kappa shape index (κ3) is 5.66. The van der Waals surface area contributed by atoms with Crippen molar-refractivity contribution >= 4 is 11.7 Å². The summed E-state index contributed by atoms with van der Waals surface area (Å²) >= 11 is 0. The molecule has 1 aromatic heterocycles. The summed E-state index contributed by atoms with van der Waals surface area (Å²) in [6, 6.07) is 9.77. The zero-order valence-corrected chi connectivity index (χ0v) is 15.8. The molecule has 158 valence electrons. The number of carbonyl (C=O) groups excluding carboxylic acids is 1. The van der Waals surface area contributed by atoms with Crippen LogP contribution < -0.4 is 20.1 Å². The summed E-state index contributed by atoms with van der Waals surface area (Å²) in [7, 11) is 1.58. The first-order valence-corrected chi connectivity index (χ1v) is 8.82. The number of aromatic nitrogens is 1. The fourth-order valence-electron chi connectivity index (χ4n) is 2.54. The van der Waals surface area contributed by atoms with Crippen molar-refractivity contribution < 1.29 is 31.9 Å². The number of rotatable bonds is 8. The number of benzene rings is 2. The van der Waals surface area contributed by atoms with E-state index < -0.39 is 24.2 Å². The Hall–Kier alpha value is -3.69. The number of amides is 2. The van der Waals surface area contributed by atoms with Crippen LogP contribution in [-0.2, 0) is 6.42 Å². The Morgan fingerprint density at radius 2 is 1.97 bits per heavy atom. The van der Waals surface area contributed by atoms with E-state index in [0.29, 0.717) is 18.0 Å². The van der Waals surface area contributed by atoms with Gasteiger partial charge in [-0.15, -0.1) is 0 Å². The zero-order valence-electron chi connectivity index (χ0n) is 15.8. The number of hydrogen-bond donors (Lipinski definition) is 2. The molecule has 3 rings (SSSR count). The molecule has 7 nitrogen and oxygen atoms in total. The molecule has 10 heteroatoms. The molecule has 30 heavy (non-hydrogen) atoms. The molecule has 1 heterocycles. The van der Waals surface area contributed by atoms with Crippen LogP contribution in [0.2, 0.25) is 0 Å². The maximum absolute atomic E-state index is 13.7. The van der Waals surface area contributed by atoms with Gasteiger partial charge < -0.3 is 24.5 Å². The molecule has 0 atom stereocenters. The lowest BCUT2D eigenvalue weighted by Gasteiger charge is -2.09. The van der Waals surface area contributed by atoms with Crippen LogP contribution >= 0.6 is 0 Å². The molecule has 0 fully saturated rings. The van der Waals surface area contributed by atoms with Gasteiger partial charge in [-0.3, -0.25) is 0 Å². The average molecular weight is 421 g/mol. The highest BCUT2D eigenvalue weighted by atomic mass is 19.3. The minimum Gasteiger partial charge on any atom is -0.497 e. The van der Waals surface area contributed by atoms with E-state index in [9.17, 15) is 18.0 Å². The fraction of sp³-hybridized carbons (Fsp3) is 0.200. The molecular weight excluding hydrogens is 403 g/mol. The summed E-state index contributed by atoms with van der Waals surface area (Å²) in [5.41, 5.74) is 1.52. The van der Waals surface area contributed by atoms with E-state index >= 15 is 0 Å². The molecule has 0 saturated heterocycles. The van der Waals surface area contributed by atoms with Gasteiger partial charge in [0.15, 0.2) is 11.6 Å². The predicted octanol–water partition coefficient (Wildman–Crippen LogP) is 4.45. The van der Waals surface area contributed by atoms with Crippen molar-refractivity contribution in [2.24, 2.45) is 0 Å². The minimum atomic E-state index is -3.14. The normalized spacial score (nSPS) is 10.7. The summed E-state index contributed by atoms with van der Waals surface area (Å²) in [5.74, 6) is -0.452. The zero-order chi connectivity index (χ0) is 21.5. The van der Waals surface area contributed by atoms with Crippen LogP contribution in [0.1, 0.15) is 5.69 Å². The fourth-order valence-corrected chi connectivity index (χ4v) is 2.54. The Kier molecular flexibility index (Phi) is 6.79. The van der Waals surface area contributed by atoms with Crippen molar-refractivity contribution in [3.8, 4) is 23.0 Å². The second-order valence-electron chi connectivity index (χ2n) is 6.03. The Balaban J connectivity index is 1.48. The Labute approximate surface area is 169 Å². The third-order valence-electron chi connectivity index (χ3n) is 3.96. The molecule has 2 N–H and O–H groups in total. The molecule has 0 radical (unpaired) electrons. The molecule has 0 spiro atoms. The van der Waals surface area contributed by atoms with E-state index in [0.717, 1.165) is 23.4 Å². The SMILES string of the molecule is COc1ccc(-c2nc(CCNC(=O)Nc3ccc(OC(F)F)c(F)c3)co2)cc1. The highest BCUT2D eigenvalue weighted by Gasteiger charge is 2.12. The molecule has 3 aromatic rings. The van der Waals surface area contributed by atoms with Gasteiger partial charge >= 0.3 is 12.6 Å². The topological polar surface area (TPSA) is 85.6 Å². The van der Waals surface area contributed by atoms with Crippen LogP contribution in [0.15, 0.2) is 53.1 Å². The van der Waals surface area contributed by atoms with E-state index in [1.54, 1.807) is 19.2 Å². The first kappa shape index (κ1) is 21.0. The van der Waals surface area contributed by atoms with Crippen molar-refractivity contribution in [3.63, 3.8) is 0 Å². The van der Waals surface area contributed by atoms with E-state index in [1.165, 1.54) is 12.3 Å². The first-order chi connectivity index (χ1) is 14.4. The van der Waals surface area contributed by atoms with Crippen molar-refractivity contribution in [3.05, 3.63) is 60.2 Å². The summed E-state index contributed by atoms with van der Waals surface area (Å²) in [6.45, 7) is -2.89. The third-order valence-corrected chi connectivity index (χ3v) is 3.96. The molecule has 0 aliphatic rings. The van der Waals surface area contributed by atoms with Gasteiger partial charge in [0.1, 0.15) is 12.0 Å². The molecule has 0 aliphatic carbocycles. The number of alkyl halides is 2. The molecule has 0 aliphatic heterocycles. The van der Waals surface area contributed by atoms with Crippen molar-refractivity contribution in [2.45, 2.75) is 13.0 Å². The number of nitrogens with one attached hydrogen (secondary N) is 2. The van der Waals surface area contributed by atoms with Gasteiger partial charge in [0, 0.05) is 30.3 Å². The van der Waals surface area contributed by atoms with Gasteiger partial charge in [0.2, 0.25) is 5.89 Å². The number of nitrogens with zero attached hydrogens (tertiary/aromatic N) is 1. The molecule has 2 aromatic carbocycles. The van der Waals surface area contributed by atoms with Crippen molar-refractivity contribution in [1.82, 2.24) is 10.3 Å². The second-order valence-corrected chi connectivity index (χ2v) is 6.03. The van der Waals surface area contributed by atoms with E-state index in [2.05, 4.69) is 20.4 Å². The summed E-state index contributed by atoms with van der Waals surface area (Å²) in [5, 5.41) is 4.99. The van der Waals surface area contributed by atoms with Crippen molar-refractivity contribution in [1.29, 1.82) is 0 Å². The van der Waals surface area contributed by atoms with Crippen LogP contribution in [-0.4, -0.2) is 31.3 Å². The summed E-state index contributed by atoms with van der Waals surface area (Å²) < 4.78 is 52.5. The Morgan fingerprint density at radius 1 is 1.20 bits per heavy atom. The number of ether oxygens (including phenoxy) is 2. The molecule has 2 amide bonds. The standard InChI is InChI=1S/C20H18F3N3O4/c1-28-15-5-2-12(3-6-15)18-25-14(11-29-18)8-9-24-20(27)26-13-4-7-17(16(21)10-13)30-19(22)23/h2-7,10-11,19H,8-9H2,1H3,(H2,24,26,27). The number of urea groups is 1. The number of halogens is 3. The predicted molar refractivity (Wildman–Crippen MR) is 102 cm³/mol. The maximum atomic E-state index is 13.7. The minimum absolute atomic E-state index is 0.0924. The van der Waals surface area contributed by atoms with Crippen molar-refractivity contribution in [2.75, 3.05) is 19.0 Å². The number of hydrogen-bond acceptors (Lipinski definition) is 5. The quantitative estimate of drug-likeness (QED) is 0.561. The second kappa shape index (κ2) is 9.68. The highest BCUT2D eigenvalue weighted by molar-refractivity contribution is 5.89. The smallest absolute Gasteiger partial charge is 0.387 e. The molecule has 0 saturated carbocycles. The monoisotopic (exact) mass is 421 g/mol. The number of oxazole rings is 1. The summed E-state index contributed by atoms with van der Waals surface area (Å²) in [4.78, 5) is 16.3. The highest BCUT2D eigenvalue weighted by Crippen LogP contribution is 2.23. The molecule has 0 unspecified atom stereocenters. The van der Waals surface area contributed by atoms with E-state index in [1.807, 2.05) is 12.1 Å². The maximum Gasteiger partial charge on any atom is 0.387 e. The van der Waals surface area contributed by atoms with Gasteiger partial charge in [-0.2, -0.15) is 8.78 Å². The lowest BCUT2D eigenvalue weighted by Crippen LogP contribution is -2.30. The molecule has 0 bridgehead atoms. The van der Waals surface area contributed by atoms with Crippen LogP contribution in [0.5, 0.6) is 11.5 Å². The Bertz CT molecular complexity index is 993. The van der Waals surface area contributed by atoms with E-state index in [4.69, 9.17) is 9.15 Å². The molecular formula is C20H18F3N3O4. The van der Waals surface area contributed by atoms with E-state index in [-0.39, 0.29) is 12.2 Å². The Morgan fingerprint density at radius 3 is 2.63 bits per heavy atom. The van der Waals surface area contributed by atoms with Crippen LogP contribution in [0.25, 0.3) is 11.5 Å². The largest absolute Gasteiger partial charge is 0.497 e. The van der Waals surface area contributed by atoms with Gasteiger partial charge in [-0.25, -0.2) is 14.2 Å². The van der Waals surface area contributed by atoms with Gasteiger partial charge in [0.05, 0.1) is 12.8 Å². The van der Waals surface area contributed by atoms with Gasteiger partial charge in [-0.1, -0.05) is 0 Å². The summed E-state index contributed by atoms with van der Waals surface area (Å²) in [6.07, 6.45) is 1.90. The van der Waals surface area contributed by atoms with Gasteiger partial charge in [-0.05, 0) is 36.4 Å². The lowest BCUT2D eigenvalue weighted by molar-refractivity contribution is -0.0521. The number of methoxy groups -OCH3 is 1. The number of anilines is 1. The van der Waals surface area contributed by atoms with Crippen LogP contribution in [0.4, 0.5) is 23.7 Å². The van der Waals surface area contributed by atoms with Gasteiger partial charge in [0.25, 0.3) is 0 Å². The van der Waals surface area contributed by atoms with Crippen LogP contribution in [0.3, 0.4) is 0 Å². The first-order valence-electron chi connectivity index (χ1n) is 8.82. The average Bonchev–Trinajstić information content (AvgIpc) is 3.19. The lowest BCUT2D eigenvalue weighted by atomic mass is 10.2. The number of carbonyl (C=O) groups is 1.